The topological polar surface area (TPSA) is 17.8 Å². The van der Waals surface area contributed by atoms with Gasteiger partial charge < -0.3 is 0 Å². The van der Waals surface area contributed by atoms with Gasteiger partial charge in [0.15, 0.2) is 0 Å². The SMILES string of the molecule is [2H]C([2H])([2H])c1nc2ccccc2n1-c1ccc(-c2c3ccccc3c(-c3cc(-c4ccccc4)cc(-c4ccccc4)c3)c3ccccc23)cc1. The Hall–Kier alpha value is -6.25. The van der Waals surface area contributed by atoms with Gasteiger partial charge >= 0.3 is 0 Å². The molecule has 2 heteroatoms. The van der Waals surface area contributed by atoms with Gasteiger partial charge in [0.2, 0.25) is 0 Å². The molecule has 8 aromatic carbocycles. The van der Waals surface area contributed by atoms with Crippen molar-refractivity contribution in [2.45, 2.75) is 6.85 Å². The first-order valence-corrected chi connectivity index (χ1v) is 16.2. The summed E-state index contributed by atoms with van der Waals surface area (Å²) in [6, 6.07) is 61.2. The van der Waals surface area contributed by atoms with Crippen molar-refractivity contribution in [3.05, 3.63) is 182 Å². The minimum absolute atomic E-state index is 0.0595. The minimum Gasteiger partial charge on any atom is -0.297 e. The van der Waals surface area contributed by atoms with E-state index in [4.69, 9.17) is 4.11 Å². The van der Waals surface area contributed by atoms with E-state index in [0.717, 1.165) is 38.7 Å². The van der Waals surface area contributed by atoms with Crippen LogP contribution in [0.3, 0.4) is 0 Å². The molecule has 0 bridgehead atoms. The van der Waals surface area contributed by atoms with Crippen LogP contribution >= 0.6 is 0 Å². The Bertz CT molecular complexity index is 2600. The molecule has 9 aromatic rings. The number of fused-ring (bicyclic) bond motifs is 3. The van der Waals surface area contributed by atoms with Crippen molar-refractivity contribution in [3.8, 4) is 50.2 Å². The van der Waals surface area contributed by atoms with E-state index in [9.17, 15) is 0 Å². The Balaban J connectivity index is 1.27. The van der Waals surface area contributed by atoms with Gasteiger partial charge in [-0.25, -0.2) is 4.98 Å². The molecular formula is C46H32N2. The summed E-state index contributed by atoms with van der Waals surface area (Å²) in [6.45, 7) is -2.36. The van der Waals surface area contributed by atoms with Gasteiger partial charge in [-0.2, -0.15) is 0 Å². The summed E-state index contributed by atoms with van der Waals surface area (Å²) in [5.41, 5.74) is 11.4. The standard InChI is InChI=1S/C46H32N2/c1-31-47-43-22-12-13-23-44(43)48(31)38-26-24-34(25-27-38)45-39-18-8-10-20-41(39)46(42-21-11-9-19-40(42)45)37-29-35(32-14-4-2-5-15-32)28-36(30-37)33-16-6-3-7-17-33/h2-30H,1H3/i1D3. The Morgan fingerprint density at radius 2 is 0.875 bits per heavy atom. The van der Waals surface area contributed by atoms with Crippen LogP contribution in [0.5, 0.6) is 0 Å². The molecule has 0 N–H and O–H groups in total. The molecule has 226 valence electrons. The summed E-state index contributed by atoms with van der Waals surface area (Å²) >= 11 is 0. The molecule has 0 aliphatic carbocycles. The normalized spacial score (nSPS) is 12.6. The van der Waals surface area contributed by atoms with Crippen molar-refractivity contribution in [2.75, 3.05) is 0 Å². The maximum Gasteiger partial charge on any atom is 0.111 e. The van der Waals surface area contributed by atoms with E-state index in [0.29, 0.717) is 5.52 Å². The Kier molecular flexibility index (Phi) is 5.98. The fraction of sp³-hybridized carbons (Fsp3) is 0.0217. The van der Waals surface area contributed by atoms with Crippen LogP contribution < -0.4 is 0 Å². The second-order valence-electron chi connectivity index (χ2n) is 12.2. The average molecular weight is 616 g/mol. The van der Waals surface area contributed by atoms with E-state index >= 15 is 0 Å². The first-order valence-electron chi connectivity index (χ1n) is 17.7. The van der Waals surface area contributed by atoms with Crippen LogP contribution in [0.15, 0.2) is 176 Å². The maximum atomic E-state index is 8.22. The van der Waals surface area contributed by atoms with Crippen LogP contribution in [0, 0.1) is 6.85 Å². The molecule has 9 rings (SSSR count). The van der Waals surface area contributed by atoms with Crippen LogP contribution in [0.1, 0.15) is 9.94 Å². The zero-order valence-electron chi connectivity index (χ0n) is 29.1. The summed E-state index contributed by atoms with van der Waals surface area (Å²) in [5, 5.41) is 4.65. The number of hydrogen-bond acceptors (Lipinski definition) is 1. The third kappa shape index (κ3) is 4.70. The van der Waals surface area contributed by atoms with Crippen LogP contribution in [-0.2, 0) is 0 Å². The zero-order valence-corrected chi connectivity index (χ0v) is 26.1. The molecule has 0 fully saturated rings. The molecule has 0 aliphatic heterocycles. The Morgan fingerprint density at radius 3 is 1.42 bits per heavy atom. The van der Waals surface area contributed by atoms with Crippen LogP contribution in [0.2, 0.25) is 0 Å². The molecular weight excluding hydrogens is 581 g/mol. The van der Waals surface area contributed by atoms with Crippen molar-refractivity contribution in [1.29, 1.82) is 0 Å². The van der Waals surface area contributed by atoms with Crippen molar-refractivity contribution in [1.82, 2.24) is 9.55 Å². The highest BCUT2D eigenvalue weighted by atomic mass is 15.1. The molecule has 0 saturated carbocycles. The smallest absolute Gasteiger partial charge is 0.111 e. The van der Waals surface area contributed by atoms with Crippen LogP contribution in [-0.4, -0.2) is 9.55 Å². The van der Waals surface area contributed by atoms with E-state index < -0.39 is 6.85 Å². The lowest BCUT2D eigenvalue weighted by atomic mass is 9.84. The van der Waals surface area contributed by atoms with E-state index in [1.807, 2.05) is 36.4 Å². The Morgan fingerprint density at radius 1 is 0.417 bits per heavy atom. The number of para-hydroxylation sites is 2. The van der Waals surface area contributed by atoms with E-state index in [1.54, 1.807) is 4.57 Å². The van der Waals surface area contributed by atoms with Gasteiger partial charge in [0, 0.05) is 9.80 Å². The lowest BCUT2D eigenvalue weighted by Crippen LogP contribution is -1.97. The highest BCUT2D eigenvalue weighted by molar-refractivity contribution is 6.21. The first kappa shape index (κ1) is 24.9. The third-order valence-electron chi connectivity index (χ3n) is 9.34. The fourth-order valence-electron chi connectivity index (χ4n) is 7.18. The molecule has 0 saturated heterocycles. The zero-order chi connectivity index (χ0) is 34.5. The number of imidazole rings is 1. The molecule has 0 aliphatic rings. The molecule has 1 heterocycles. The molecule has 0 spiro atoms. The number of rotatable bonds is 5. The number of aryl methyl sites for hydroxylation is 1. The average Bonchev–Trinajstić information content (AvgIpc) is 3.58. The summed E-state index contributed by atoms with van der Waals surface area (Å²) in [7, 11) is 0. The number of benzene rings is 8. The summed E-state index contributed by atoms with van der Waals surface area (Å²) in [6.07, 6.45) is 0. The number of hydrogen-bond donors (Lipinski definition) is 0. The van der Waals surface area contributed by atoms with Gasteiger partial charge in [-0.3, -0.25) is 4.57 Å². The molecule has 48 heavy (non-hydrogen) atoms. The number of nitrogens with zero attached hydrogens (tertiary/aromatic N) is 2. The summed E-state index contributed by atoms with van der Waals surface area (Å²) in [5.74, 6) is 0.0595. The molecule has 0 unspecified atom stereocenters. The van der Waals surface area contributed by atoms with Crippen molar-refractivity contribution in [2.24, 2.45) is 0 Å². The third-order valence-corrected chi connectivity index (χ3v) is 9.34. The fourth-order valence-corrected chi connectivity index (χ4v) is 7.18. The molecule has 0 radical (unpaired) electrons. The molecule has 2 nitrogen and oxygen atoms in total. The Labute approximate surface area is 284 Å². The highest BCUT2D eigenvalue weighted by Gasteiger charge is 2.18. The lowest BCUT2D eigenvalue weighted by molar-refractivity contribution is 1.00. The van der Waals surface area contributed by atoms with Gasteiger partial charge in [0.25, 0.3) is 0 Å². The van der Waals surface area contributed by atoms with Crippen LogP contribution in [0.4, 0.5) is 0 Å². The minimum atomic E-state index is -2.36. The molecule has 1 aromatic heterocycles. The molecule has 0 atom stereocenters. The molecule has 0 amide bonds. The van der Waals surface area contributed by atoms with E-state index in [2.05, 4.69) is 145 Å². The monoisotopic (exact) mass is 615 g/mol. The van der Waals surface area contributed by atoms with Crippen molar-refractivity contribution in [3.63, 3.8) is 0 Å². The van der Waals surface area contributed by atoms with Crippen molar-refractivity contribution >= 4 is 32.6 Å². The van der Waals surface area contributed by atoms with Crippen molar-refractivity contribution < 1.29 is 4.11 Å². The first-order chi connectivity index (χ1) is 24.9. The summed E-state index contributed by atoms with van der Waals surface area (Å²) < 4.78 is 26.4. The van der Waals surface area contributed by atoms with Gasteiger partial charge in [-0.15, -0.1) is 0 Å². The predicted octanol–water partition coefficient (Wildman–Crippen LogP) is 12.3. The van der Waals surface area contributed by atoms with E-state index in [-0.39, 0.29) is 5.82 Å². The van der Waals surface area contributed by atoms with Gasteiger partial charge in [0.1, 0.15) is 5.82 Å². The quantitative estimate of drug-likeness (QED) is 0.176. The van der Waals surface area contributed by atoms with Gasteiger partial charge in [0.05, 0.1) is 11.0 Å². The largest absolute Gasteiger partial charge is 0.297 e. The lowest BCUT2D eigenvalue weighted by Gasteiger charge is -2.19. The van der Waals surface area contributed by atoms with E-state index in [1.165, 1.54) is 38.6 Å². The highest BCUT2D eigenvalue weighted by Crippen LogP contribution is 2.45. The second kappa shape index (κ2) is 11.5. The predicted molar refractivity (Wildman–Crippen MR) is 203 cm³/mol. The summed E-state index contributed by atoms with van der Waals surface area (Å²) in [4.78, 5) is 4.51. The maximum absolute atomic E-state index is 8.22. The second-order valence-corrected chi connectivity index (χ2v) is 12.2. The van der Waals surface area contributed by atoms with Gasteiger partial charge in [-0.05, 0) is 115 Å². The van der Waals surface area contributed by atoms with Gasteiger partial charge in [-0.1, -0.05) is 133 Å². The van der Waals surface area contributed by atoms with Crippen LogP contribution in [0.25, 0.3) is 82.8 Å². The number of aromatic nitrogens is 2.